The lowest BCUT2D eigenvalue weighted by molar-refractivity contribution is 1.17. The summed E-state index contributed by atoms with van der Waals surface area (Å²) in [6.07, 6.45) is 0. The first-order valence-corrected chi connectivity index (χ1v) is 27.1. The molecule has 0 aliphatic heterocycles. The molecule has 0 aliphatic rings. The monoisotopic (exact) mass is 1020 g/mol. The van der Waals surface area contributed by atoms with E-state index in [-0.39, 0.29) is 0 Å². The normalized spacial score (nSPS) is 11.3. The van der Waals surface area contributed by atoms with Gasteiger partial charge in [-0.25, -0.2) is 9.97 Å². The van der Waals surface area contributed by atoms with Crippen molar-refractivity contribution in [3.05, 3.63) is 295 Å². The standard InChI is InChI=1S/C74H57N5/c1-50-21-17-19-31-65(50)70-49-69(75-74(76-70)66-32-20-18-22-51(66)2)55-35-33-54(34-36-55)57-45-52(3)73(53(4)46-57)56-37-39-62(40-38-56)79-71-43-41-63(77(58-23-9-5-10-24-58)59-25-11-6-12-26-59)47-67(71)68-48-64(42-44-72(68)79)78(60-27-13-7-14-28-60)61-29-15-8-16-30-61/h5-49H,1-4H3. The molecule has 0 radical (unpaired) electrons. The van der Waals surface area contributed by atoms with Crippen LogP contribution in [0.5, 0.6) is 0 Å². The lowest BCUT2D eigenvalue weighted by Gasteiger charge is -2.26. The Kier molecular flexibility index (Phi) is 12.8. The van der Waals surface area contributed by atoms with Crippen LogP contribution in [-0.2, 0) is 0 Å². The van der Waals surface area contributed by atoms with Crippen LogP contribution >= 0.6 is 0 Å². The van der Waals surface area contributed by atoms with Crippen molar-refractivity contribution in [2.45, 2.75) is 27.7 Å². The average Bonchev–Trinajstić information content (AvgIpc) is 3.96. The Morgan fingerprint density at radius 2 is 0.696 bits per heavy atom. The number of benzene rings is 11. The maximum absolute atomic E-state index is 5.16. The molecule has 0 aliphatic carbocycles. The van der Waals surface area contributed by atoms with Gasteiger partial charge in [-0.05, 0) is 175 Å². The Morgan fingerprint density at radius 1 is 0.291 bits per heavy atom. The van der Waals surface area contributed by atoms with Gasteiger partial charge in [-0.3, -0.25) is 0 Å². The van der Waals surface area contributed by atoms with Gasteiger partial charge in [-0.15, -0.1) is 0 Å². The summed E-state index contributed by atoms with van der Waals surface area (Å²) in [4.78, 5) is 15.0. The minimum absolute atomic E-state index is 0.732. The molecule has 0 saturated heterocycles. The molecule has 0 atom stereocenters. The second-order valence-electron chi connectivity index (χ2n) is 20.5. The van der Waals surface area contributed by atoms with E-state index in [9.17, 15) is 0 Å². The molecule has 0 fully saturated rings. The molecule has 11 aromatic carbocycles. The van der Waals surface area contributed by atoms with E-state index in [1.54, 1.807) is 0 Å². The largest absolute Gasteiger partial charge is 0.310 e. The van der Waals surface area contributed by atoms with Gasteiger partial charge < -0.3 is 14.4 Å². The highest BCUT2D eigenvalue weighted by molar-refractivity contribution is 6.12. The minimum atomic E-state index is 0.732. The summed E-state index contributed by atoms with van der Waals surface area (Å²) in [6, 6.07) is 97.9. The highest BCUT2D eigenvalue weighted by Crippen LogP contribution is 2.44. The topological polar surface area (TPSA) is 37.2 Å². The van der Waals surface area contributed by atoms with E-state index in [4.69, 9.17) is 9.97 Å². The number of nitrogens with zero attached hydrogens (tertiary/aromatic N) is 5. The SMILES string of the molecule is Cc1ccccc1-c1cc(-c2ccc(-c3cc(C)c(-c4ccc(-n5c6ccc(N(c7ccccc7)c7ccccc7)cc6c6cc(N(c7ccccc7)c7ccccc7)ccc65)cc4)c(C)c3)cc2)nc(-c2ccccc2C)n1. The van der Waals surface area contributed by atoms with Crippen LogP contribution in [0.2, 0.25) is 0 Å². The molecule has 5 nitrogen and oxygen atoms in total. The number of para-hydroxylation sites is 4. The van der Waals surface area contributed by atoms with Crippen molar-refractivity contribution >= 4 is 55.9 Å². The molecule has 5 heteroatoms. The molecular formula is C74H57N5. The second kappa shape index (κ2) is 20.8. The molecule has 378 valence electrons. The fourth-order valence-electron chi connectivity index (χ4n) is 11.5. The first kappa shape index (κ1) is 48.5. The maximum atomic E-state index is 5.16. The zero-order valence-electron chi connectivity index (χ0n) is 44.7. The number of rotatable bonds is 12. The molecule has 79 heavy (non-hydrogen) atoms. The number of aromatic nitrogens is 3. The zero-order valence-corrected chi connectivity index (χ0v) is 44.7. The van der Waals surface area contributed by atoms with Gasteiger partial charge in [0.25, 0.3) is 0 Å². The summed E-state index contributed by atoms with van der Waals surface area (Å²) in [5.41, 5.74) is 24.5. The van der Waals surface area contributed by atoms with Crippen LogP contribution in [0.4, 0.5) is 34.1 Å². The van der Waals surface area contributed by atoms with Gasteiger partial charge in [0.1, 0.15) is 0 Å². The van der Waals surface area contributed by atoms with Crippen molar-refractivity contribution in [3.63, 3.8) is 0 Å². The van der Waals surface area contributed by atoms with Crippen LogP contribution in [0.3, 0.4) is 0 Å². The van der Waals surface area contributed by atoms with Crippen LogP contribution < -0.4 is 9.80 Å². The Hall–Kier alpha value is -10.1. The lowest BCUT2D eigenvalue weighted by Crippen LogP contribution is -2.09. The van der Waals surface area contributed by atoms with Crippen molar-refractivity contribution in [2.24, 2.45) is 0 Å². The average molecular weight is 1020 g/mol. The maximum Gasteiger partial charge on any atom is 0.160 e. The van der Waals surface area contributed by atoms with Crippen molar-refractivity contribution in [1.82, 2.24) is 14.5 Å². The Balaban J connectivity index is 0.867. The number of fused-ring (bicyclic) bond motifs is 3. The third kappa shape index (κ3) is 9.32. The van der Waals surface area contributed by atoms with Gasteiger partial charge in [-0.2, -0.15) is 0 Å². The van der Waals surface area contributed by atoms with E-state index in [2.05, 4.69) is 315 Å². The molecule has 0 unspecified atom stereocenters. The van der Waals surface area contributed by atoms with E-state index in [0.717, 1.165) is 95.9 Å². The molecule has 13 aromatic rings. The van der Waals surface area contributed by atoms with Gasteiger partial charge in [-0.1, -0.05) is 170 Å². The summed E-state index contributed by atoms with van der Waals surface area (Å²) in [5.74, 6) is 0.732. The quantitative estimate of drug-likeness (QED) is 0.122. The van der Waals surface area contributed by atoms with E-state index < -0.39 is 0 Å². The summed E-state index contributed by atoms with van der Waals surface area (Å²) in [6.45, 7) is 8.73. The third-order valence-corrected chi connectivity index (χ3v) is 15.3. The first-order chi connectivity index (χ1) is 38.8. The predicted octanol–water partition coefficient (Wildman–Crippen LogP) is 20.1. The van der Waals surface area contributed by atoms with Crippen LogP contribution in [0, 0.1) is 27.7 Å². The molecule has 2 aromatic heterocycles. The minimum Gasteiger partial charge on any atom is -0.310 e. The summed E-state index contributed by atoms with van der Waals surface area (Å²) in [5, 5.41) is 2.34. The molecule has 0 N–H and O–H groups in total. The molecular weight excluding hydrogens is 959 g/mol. The first-order valence-electron chi connectivity index (χ1n) is 27.1. The third-order valence-electron chi connectivity index (χ3n) is 15.3. The van der Waals surface area contributed by atoms with Crippen LogP contribution in [0.15, 0.2) is 273 Å². The van der Waals surface area contributed by atoms with Gasteiger partial charge >= 0.3 is 0 Å². The summed E-state index contributed by atoms with van der Waals surface area (Å²) in [7, 11) is 0. The van der Waals surface area contributed by atoms with E-state index in [1.165, 1.54) is 44.2 Å². The highest BCUT2D eigenvalue weighted by Gasteiger charge is 2.21. The van der Waals surface area contributed by atoms with E-state index in [1.807, 2.05) is 0 Å². The van der Waals surface area contributed by atoms with Crippen LogP contribution in [0.1, 0.15) is 22.3 Å². The predicted molar refractivity (Wildman–Crippen MR) is 332 cm³/mol. The van der Waals surface area contributed by atoms with Crippen molar-refractivity contribution < 1.29 is 0 Å². The molecule has 0 bridgehead atoms. The summed E-state index contributed by atoms with van der Waals surface area (Å²) >= 11 is 0. The fourth-order valence-corrected chi connectivity index (χ4v) is 11.5. The Morgan fingerprint density at radius 3 is 1.16 bits per heavy atom. The van der Waals surface area contributed by atoms with Crippen LogP contribution in [0.25, 0.3) is 83.6 Å². The molecule has 2 heterocycles. The second-order valence-corrected chi connectivity index (χ2v) is 20.5. The Labute approximate surface area is 462 Å². The highest BCUT2D eigenvalue weighted by atomic mass is 15.1. The molecule has 0 spiro atoms. The summed E-state index contributed by atoms with van der Waals surface area (Å²) < 4.78 is 2.42. The van der Waals surface area contributed by atoms with Crippen LogP contribution in [-0.4, -0.2) is 14.5 Å². The zero-order chi connectivity index (χ0) is 53.4. The Bertz CT molecular complexity index is 4020. The van der Waals surface area contributed by atoms with Crippen molar-refractivity contribution in [1.29, 1.82) is 0 Å². The van der Waals surface area contributed by atoms with Gasteiger partial charge in [0, 0.05) is 67.3 Å². The van der Waals surface area contributed by atoms with E-state index >= 15 is 0 Å². The number of hydrogen-bond acceptors (Lipinski definition) is 4. The van der Waals surface area contributed by atoms with Crippen molar-refractivity contribution in [3.8, 4) is 61.8 Å². The fraction of sp³-hybridized carbons (Fsp3) is 0.0541. The molecule has 0 amide bonds. The lowest BCUT2D eigenvalue weighted by atomic mass is 9.91. The van der Waals surface area contributed by atoms with Gasteiger partial charge in [0.2, 0.25) is 0 Å². The smallest absolute Gasteiger partial charge is 0.160 e. The number of hydrogen-bond donors (Lipinski definition) is 0. The van der Waals surface area contributed by atoms with E-state index in [0.29, 0.717) is 0 Å². The van der Waals surface area contributed by atoms with Gasteiger partial charge in [0.15, 0.2) is 5.82 Å². The molecule has 0 saturated carbocycles. The number of aryl methyl sites for hydroxylation is 4. The number of anilines is 6. The van der Waals surface area contributed by atoms with Gasteiger partial charge in [0.05, 0.1) is 22.4 Å². The molecule has 13 rings (SSSR count). The van der Waals surface area contributed by atoms with Crippen molar-refractivity contribution in [2.75, 3.05) is 9.80 Å².